The molecule has 1 aliphatic rings. The number of carbonyl (C=O) groups is 1. The van der Waals surface area contributed by atoms with Gasteiger partial charge in [-0.25, -0.2) is 4.98 Å². The Bertz CT molecular complexity index is 1040. The molecule has 0 aliphatic carbocycles. The fourth-order valence-electron chi connectivity index (χ4n) is 3.75. The van der Waals surface area contributed by atoms with E-state index in [0.717, 1.165) is 30.8 Å². The number of amides is 1. The van der Waals surface area contributed by atoms with Crippen LogP contribution in [0.25, 0.3) is 10.9 Å². The molecule has 0 radical (unpaired) electrons. The molecule has 0 bridgehead atoms. The van der Waals surface area contributed by atoms with Gasteiger partial charge < -0.3 is 4.90 Å². The summed E-state index contributed by atoms with van der Waals surface area (Å²) in [7, 11) is 0. The lowest BCUT2D eigenvalue weighted by atomic mass is 10.1. The van der Waals surface area contributed by atoms with Gasteiger partial charge in [0.2, 0.25) is 5.91 Å². The summed E-state index contributed by atoms with van der Waals surface area (Å²) in [6.07, 6.45) is 3.72. The van der Waals surface area contributed by atoms with E-state index in [2.05, 4.69) is 9.97 Å². The molecule has 1 fully saturated rings. The van der Waals surface area contributed by atoms with Gasteiger partial charge in [0.25, 0.3) is 5.56 Å². The summed E-state index contributed by atoms with van der Waals surface area (Å²) in [5, 5.41) is 0.579. The standard InChI is InChI=1S/C21H22N4O2/c1-15-6-4-9-18(23-15)19-10-5-12-25(19)20(26)11-13-24-14-22-17-8-3-2-7-16(17)21(24)27/h2-4,6-9,14,19H,5,10-13H2,1H3. The number of para-hydroxylation sites is 1. The number of hydrogen-bond donors (Lipinski definition) is 0. The van der Waals surface area contributed by atoms with Gasteiger partial charge in [0.1, 0.15) is 0 Å². The quantitative estimate of drug-likeness (QED) is 0.716. The zero-order valence-electron chi connectivity index (χ0n) is 15.3. The van der Waals surface area contributed by atoms with Gasteiger partial charge in [-0.15, -0.1) is 0 Å². The van der Waals surface area contributed by atoms with Crippen LogP contribution in [0.2, 0.25) is 0 Å². The van der Waals surface area contributed by atoms with Crippen LogP contribution in [0.1, 0.15) is 36.7 Å². The third-order valence-electron chi connectivity index (χ3n) is 5.12. The number of nitrogens with zero attached hydrogens (tertiary/aromatic N) is 4. The van der Waals surface area contributed by atoms with Crippen molar-refractivity contribution in [1.82, 2.24) is 19.4 Å². The number of aryl methyl sites for hydroxylation is 2. The third-order valence-corrected chi connectivity index (χ3v) is 5.12. The molecule has 6 heteroatoms. The van der Waals surface area contributed by atoms with Crippen LogP contribution in [0.3, 0.4) is 0 Å². The van der Waals surface area contributed by atoms with Crippen molar-refractivity contribution in [2.75, 3.05) is 6.54 Å². The Balaban J connectivity index is 1.49. The zero-order valence-corrected chi connectivity index (χ0v) is 15.3. The van der Waals surface area contributed by atoms with Crippen molar-refractivity contribution < 1.29 is 4.79 Å². The molecule has 1 unspecified atom stereocenters. The number of likely N-dealkylation sites (tertiary alicyclic amines) is 1. The maximum absolute atomic E-state index is 12.8. The molecule has 0 saturated carbocycles. The summed E-state index contributed by atoms with van der Waals surface area (Å²) in [6, 6.07) is 13.2. The predicted octanol–water partition coefficient (Wildman–Crippen LogP) is 2.85. The largest absolute Gasteiger partial charge is 0.334 e. The first kappa shape index (κ1) is 17.4. The van der Waals surface area contributed by atoms with Crippen molar-refractivity contribution in [1.29, 1.82) is 0 Å². The van der Waals surface area contributed by atoms with E-state index in [9.17, 15) is 9.59 Å². The number of fused-ring (bicyclic) bond motifs is 1. The fraction of sp³-hybridized carbons (Fsp3) is 0.333. The van der Waals surface area contributed by atoms with Crippen LogP contribution in [-0.4, -0.2) is 31.9 Å². The van der Waals surface area contributed by atoms with Crippen molar-refractivity contribution in [3.8, 4) is 0 Å². The lowest BCUT2D eigenvalue weighted by Gasteiger charge is -2.24. The topological polar surface area (TPSA) is 68.1 Å². The second-order valence-corrected chi connectivity index (χ2v) is 6.96. The molecule has 4 rings (SSSR count). The Labute approximate surface area is 157 Å². The van der Waals surface area contributed by atoms with Crippen molar-refractivity contribution in [3.63, 3.8) is 0 Å². The second kappa shape index (κ2) is 7.31. The maximum atomic E-state index is 12.8. The van der Waals surface area contributed by atoms with E-state index in [1.165, 1.54) is 10.9 Å². The van der Waals surface area contributed by atoms with Gasteiger partial charge >= 0.3 is 0 Å². The minimum atomic E-state index is -0.105. The van der Waals surface area contributed by atoms with E-state index in [1.807, 2.05) is 48.2 Å². The van der Waals surface area contributed by atoms with Crippen molar-refractivity contribution in [2.45, 2.75) is 38.8 Å². The maximum Gasteiger partial charge on any atom is 0.261 e. The van der Waals surface area contributed by atoms with Gasteiger partial charge in [-0.3, -0.25) is 19.1 Å². The fourth-order valence-corrected chi connectivity index (χ4v) is 3.75. The monoisotopic (exact) mass is 362 g/mol. The zero-order chi connectivity index (χ0) is 18.8. The average Bonchev–Trinajstić information content (AvgIpc) is 3.17. The highest BCUT2D eigenvalue weighted by molar-refractivity contribution is 5.78. The molecule has 3 heterocycles. The molecule has 1 amide bonds. The number of hydrogen-bond acceptors (Lipinski definition) is 4. The van der Waals surface area contributed by atoms with Crippen LogP contribution in [0, 0.1) is 6.92 Å². The first-order valence-corrected chi connectivity index (χ1v) is 9.31. The van der Waals surface area contributed by atoms with Crippen LogP contribution < -0.4 is 5.56 Å². The molecule has 1 saturated heterocycles. The predicted molar refractivity (Wildman–Crippen MR) is 103 cm³/mol. The molecule has 27 heavy (non-hydrogen) atoms. The van der Waals surface area contributed by atoms with Gasteiger partial charge in [0.15, 0.2) is 0 Å². The summed E-state index contributed by atoms with van der Waals surface area (Å²) in [5.41, 5.74) is 2.48. The highest BCUT2D eigenvalue weighted by atomic mass is 16.2. The van der Waals surface area contributed by atoms with Crippen molar-refractivity contribution >= 4 is 16.8 Å². The molecule has 1 aliphatic heterocycles. The second-order valence-electron chi connectivity index (χ2n) is 6.96. The smallest absolute Gasteiger partial charge is 0.261 e. The van der Waals surface area contributed by atoms with Crippen LogP contribution in [0.4, 0.5) is 0 Å². The minimum absolute atomic E-state index is 0.0313. The summed E-state index contributed by atoms with van der Waals surface area (Å²) < 4.78 is 1.52. The van der Waals surface area contributed by atoms with E-state index in [1.54, 1.807) is 6.07 Å². The number of pyridine rings is 1. The SMILES string of the molecule is Cc1cccc(C2CCCN2C(=O)CCn2cnc3ccccc3c2=O)n1. The summed E-state index contributed by atoms with van der Waals surface area (Å²) in [5.74, 6) is 0.0564. The molecule has 3 aromatic rings. The van der Waals surface area contributed by atoms with Gasteiger partial charge in [-0.1, -0.05) is 18.2 Å². The highest BCUT2D eigenvalue weighted by Crippen LogP contribution is 2.31. The van der Waals surface area contributed by atoms with Crippen LogP contribution in [0.5, 0.6) is 0 Å². The Morgan fingerprint density at radius 2 is 2.04 bits per heavy atom. The molecular weight excluding hydrogens is 340 g/mol. The first-order valence-electron chi connectivity index (χ1n) is 9.31. The van der Waals surface area contributed by atoms with Gasteiger partial charge in [0, 0.05) is 25.2 Å². The Hall–Kier alpha value is -3.02. The van der Waals surface area contributed by atoms with Crippen LogP contribution >= 0.6 is 0 Å². The van der Waals surface area contributed by atoms with E-state index >= 15 is 0 Å². The first-order chi connectivity index (χ1) is 13.1. The highest BCUT2D eigenvalue weighted by Gasteiger charge is 2.30. The summed E-state index contributed by atoms with van der Waals surface area (Å²) in [4.78, 5) is 36.2. The molecular formula is C21H22N4O2. The minimum Gasteiger partial charge on any atom is -0.334 e. The summed E-state index contributed by atoms with van der Waals surface area (Å²) >= 11 is 0. The molecule has 138 valence electrons. The lowest BCUT2D eigenvalue weighted by Crippen LogP contribution is -2.32. The van der Waals surface area contributed by atoms with Crippen LogP contribution in [0.15, 0.2) is 53.6 Å². The summed E-state index contributed by atoms with van der Waals surface area (Å²) in [6.45, 7) is 3.04. The van der Waals surface area contributed by atoms with E-state index < -0.39 is 0 Å². The number of carbonyl (C=O) groups excluding carboxylic acids is 1. The van der Waals surface area contributed by atoms with Crippen molar-refractivity contribution in [2.24, 2.45) is 0 Å². The molecule has 6 nitrogen and oxygen atoms in total. The van der Waals surface area contributed by atoms with E-state index in [-0.39, 0.29) is 23.9 Å². The third kappa shape index (κ3) is 3.47. The van der Waals surface area contributed by atoms with Gasteiger partial charge in [-0.2, -0.15) is 0 Å². The van der Waals surface area contributed by atoms with Crippen molar-refractivity contribution in [3.05, 3.63) is 70.5 Å². The van der Waals surface area contributed by atoms with Gasteiger partial charge in [0.05, 0.1) is 29.0 Å². The Kier molecular flexibility index (Phi) is 4.71. The Morgan fingerprint density at radius 3 is 2.89 bits per heavy atom. The molecule has 1 atom stereocenters. The number of rotatable bonds is 4. The molecule has 1 aromatic carbocycles. The van der Waals surface area contributed by atoms with E-state index in [0.29, 0.717) is 17.4 Å². The number of benzene rings is 1. The molecule has 2 aromatic heterocycles. The lowest BCUT2D eigenvalue weighted by molar-refractivity contribution is -0.132. The normalized spacial score (nSPS) is 16.8. The van der Waals surface area contributed by atoms with E-state index in [4.69, 9.17) is 0 Å². The molecule has 0 spiro atoms. The molecule has 0 N–H and O–H groups in total. The van der Waals surface area contributed by atoms with Gasteiger partial charge in [-0.05, 0) is 44.0 Å². The van der Waals surface area contributed by atoms with Crippen LogP contribution in [-0.2, 0) is 11.3 Å². The average molecular weight is 362 g/mol. The number of aromatic nitrogens is 3. The Morgan fingerprint density at radius 1 is 1.19 bits per heavy atom.